The topological polar surface area (TPSA) is 105 Å². The van der Waals surface area contributed by atoms with Gasteiger partial charge in [-0.3, -0.25) is 14.5 Å². The average Bonchev–Trinajstić information content (AvgIpc) is 3.32. The first-order chi connectivity index (χ1) is 17.6. The molecule has 0 bridgehead atoms. The number of rotatable bonds is 4. The molecule has 2 aromatic carbocycles. The van der Waals surface area contributed by atoms with Crippen molar-refractivity contribution in [3.05, 3.63) is 68.4 Å². The molecule has 0 radical (unpaired) electrons. The molecule has 2 unspecified atom stereocenters. The van der Waals surface area contributed by atoms with Crippen LogP contribution in [0.25, 0.3) is 0 Å². The van der Waals surface area contributed by atoms with E-state index in [4.69, 9.17) is 28.0 Å². The molecule has 0 saturated carbocycles. The Hall–Kier alpha value is -2.74. The fourth-order valence-corrected chi connectivity index (χ4v) is 6.11. The lowest BCUT2D eigenvalue weighted by Crippen LogP contribution is -2.66. The van der Waals surface area contributed by atoms with Crippen molar-refractivity contribution in [1.82, 2.24) is 10.2 Å². The van der Waals surface area contributed by atoms with E-state index in [0.29, 0.717) is 5.56 Å². The molecule has 15 heteroatoms. The minimum absolute atomic E-state index is 0.0742. The fraction of sp³-hybridized carbons (Fsp3) is 0.348. The van der Waals surface area contributed by atoms with Gasteiger partial charge in [0.2, 0.25) is 5.91 Å². The molecule has 3 aliphatic heterocycles. The summed E-state index contributed by atoms with van der Waals surface area (Å²) in [4.78, 5) is 32.0. The number of carbonyl (C=O) groups excluding carboxylic acids is 2. The van der Waals surface area contributed by atoms with E-state index in [2.05, 4.69) is 10.5 Å². The van der Waals surface area contributed by atoms with E-state index in [0.717, 1.165) is 29.4 Å². The summed E-state index contributed by atoms with van der Waals surface area (Å²) in [7, 11) is -3.77. The van der Waals surface area contributed by atoms with Crippen LogP contribution in [-0.4, -0.2) is 62.1 Å². The van der Waals surface area contributed by atoms with E-state index in [-0.39, 0.29) is 29.2 Å². The van der Waals surface area contributed by atoms with Gasteiger partial charge in [0.15, 0.2) is 15.9 Å². The van der Waals surface area contributed by atoms with Gasteiger partial charge in [-0.2, -0.15) is 13.2 Å². The van der Waals surface area contributed by atoms with Crippen molar-refractivity contribution in [3.8, 4) is 0 Å². The number of sulfone groups is 1. The molecule has 202 valence electrons. The second-order valence-electron chi connectivity index (χ2n) is 9.31. The Kier molecular flexibility index (Phi) is 6.29. The lowest BCUT2D eigenvalue weighted by molar-refractivity contribution is -0.178. The SMILES string of the molecule is CS(=O)(=O)CC(=O)N1C(=O)c2cc(C3=NOC(c4cc(Cl)cc(Cl)c4F)C3C(F)(F)F)ccc2C12CNC2. The molecule has 1 fully saturated rings. The van der Waals surface area contributed by atoms with Gasteiger partial charge in [-0.1, -0.05) is 40.5 Å². The Balaban J connectivity index is 1.55. The van der Waals surface area contributed by atoms with Crippen LogP contribution in [0.4, 0.5) is 17.6 Å². The average molecular weight is 594 g/mol. The molecule has 5 rings (SSSR count). The predicted octanol–water partition coefficient (Wildman–Crippen LogP) is 3.61. The number of halogens is 6. The first kappa shape index (κ1) is 26.9. The van der Waals surface area contributed by atoms with Gasteiger partial charge in [0.05, 0.1) is 5.02 Å². The van der Waals surface area contributed by atoms with Crippen LogP contribution in [0.15, 0.2) is 35.5 Å². The van der Waals surface area contributed by atoms with Crippen LogP contribution in [0.2, 0.25) is 10.0 Å². The Morgan fingerprint density at radius 1 is 1.24 bits per heavy atom. The Morgan fingerprint density at radius 3 is 2.50 bits per heavy atom. The molecule has 2 amide bonds. The summed E-state index contributed by atoms with van der Waals surface area (Å²) in [6.07, 6.45) is -6.05. The van der Waals surface area contributed by atoms with Gasteiger partial charge in [0, 0.05) is 41.1 Å². The highest BCUT2D eigenvalue weighted by Crippen LogP contribution is 2.48. The lowest BCUT2D eigenvalue weighted by Gasteiger charge is -2.45. The molecule has 3 heterocycles. The monoisotopic (exact) mass is 593 g/mol. The molecular formula is C23H17Cl2F4N3O5S. The Labute approximate surface area is 223 Å². The largest absolute Gasteiger partial charge is 0.401 e. The van der Waals surface area contributed by atoms with Crippen molar-refractivity contribution in [1.29, 1.82) is 0 Å². The predicted molar refractivity (Wildman–Crippen MR) is 128 cm³/mol. The minimum atomic E-state index is -4.96. The van der Waals surface area contributed by atoms with E-state index >= 15 is 0 Å². The maximum atomic E-state index is 14.7. The molecule has 3 aliphatic rings. The van der Waals surface area contributed by atoms with Crippen molar-refractivity contribution in [2.75, 3.05) is 25.1 Å². The van der Waals surface area contributed by atoms with Gasteiger partial charge in [-0.15, -0.1) is 0 Å². The van der Waals surface area contributed by atoms with Crippen molar-refractivity contribution in [3.63, 3.8) is 0 Å². The summed E-state index contributed by atoms with van der Waals surface area (Å²) < 4.78 is 81.0. The van der Waals surface area contributed by atoms with Gasteiger partial charge in [-0.25, -0.2) is 12.8 Å². The van der Waals surface area contributed by atoms with Crippen molar-refractivity contribution in [2.24, 2.45) is 11.1 Å². The van der Waals surface area contributed by atoms with Gasteiger partial charge in [0.25, 0.3) is 5.91 Å². The maximum absolute atomic E-state index is 14.7. The van der Waals surface area contributed by atoms with Crippen LogP contribution >= 0.6 is 23.2 Å². The summed E-state index contributed by atoms with van der Waals surface area (Å²) in [6, 6.07) is 5.85. The van der Waals surface area contributed by atoms with E-state index in [1.165, 1.54) is 12.1 Å². The van der Waals surface area contributed by atoms with Crippen molar-refractivity contribution in [2.45, 2.75) is 17.8 Å². The molecule has 1 spiro atoms. The molecule has 2 aromatic rings. The quantitative estimate of drug-likeness (QED) is 0.429. The number of hydrogen-bond acceptors (Lipinski definition) is 7. The number of nitrogens with one attached hydrogen (secondary N) is 1. The lowest BCUT2D eigenvalue weighted by atomic mass is 9.82. The molecule has 0 aromatic heterocycles. The fourth-order valence-electron chi connectivity index (χ4n) is 5.03. The summed E-state index contributed by atoms with van der Waals surface area (Å²) >= 11 is 11.7. The number of fused-ring (bicyclic) bond motifs is 2. The third-order valence-electron chi connectivity index (χ3n) is 6.69. The normalized spacial score (nSPS) is 22.2. The van der Waals surface area contributed by atoms with Gasteiger partial charge in [0.1, 0.15) is 28.7 Å². The van der Waals surface area contributed by atoms with Crippen LogP contribution in [0.5, 0.6) is 0 Å². The Bertz CT molecular complexity index is 1530. The summed E-state index contributed by atoms with van der Waals surface area (Å²) in [6.45, 7) is 0.291. The van der Waals surface area contributed by atoms with Crippen LogP contribution in [0.1, 0.15) is 33.2 Å². The number of carbonyl (C=O) groups is 2. The number of imide groups is 1. The van der Waals surface area contributed by atoms with E-state index < -0.39 is 73.3 Å². The number of oxime groups is 1. The zero-order valence-corrected chi connectivity index (χ0v) is 21.6. The number of hydrogen-bond donors (Lipinski definition) is 1. The molecule has 2 atom stereocenters. The highest BCUT2D eigenvalue weighted by atomic mass is 35.5. The van der Waals surface area contributed by atoms with E-state index in [9.17, 15) is 35.6 Å². The minimum Gasteiger partial charge on any atom is -0.386 e. The molecule has 0 aliphatic carbocycles. The Morgan fingerprint density at radius 2 is 1.92 bits per heavy atom. The molecule has 1 N–H and O–H groups in total. The highest BCUT2D eigenvalue weighted by Gasteiger charge is 2.58. The first-order valence-corrected chi connectivity index (χ1v) is 13.8. The number of nitrogens with zero attached hydrogens (tertiary/aromatic N) is 2. The molecule has 38 heavy (non-hydrogen) atoms. The molecular weight excluding hydrogens is 577 g/mol. The number of benzene rings is 2. The van der Waals surface area contributed by atoms with E-state index in [1.54, 1.807) is 0 Å². The second-order valence-corrected chi connectivity index (χ2v) is 12.3. The van der Waals surface area contributed by atoms with Gasteiger partial charge in [-0.05, 0) is 23.8 Å². The smallest absolute Gasteiger partial charge is 0.386 e. The van der Waals surface area contributed by atoms with Gasteiger partial charge < -0.3 is 10.2 Å². The zero-order chi connectivity index (χ0) is 27.8. The summed E-state index contributed by atoms with van der Waals surface area (Å²) in [5.74, 6) is -6.28. The van der Waals surface area contributed by atoms with Crippen LogP contribution in [0.3, 0.4) is 0 Å². The summed E-state index contributed by atoms with van der Waals surface area (Å²) in [5, 5.41) is 5.94. The third kappa shape index (κ3) is 4.25. The van der Waals surface area contributed by atoms with Crippen LogP contribution < -0.4 is 5.32 Å². The van der Waals surface area contributed by atoms with Crippen LogP contribution in [-0.2, 0) is 25.0 Å². The maximum Gasteiger partial charge on any atom is 0.401 e. The zero-order valence-electron chi connectivity index (χ0n) is 19.3. The standard InChI is InChI=1S/C23H17Cl2F4N3O5S/c1-38(35,36)7-16(33)32-21(34)12-4-10(2-3-14(12)22(32)8-30-9-22)19-17(23(27,28)29)20(37-31-19)13-5-11(24)6-15(25)18(13)26/h2-6,17,20,30H,7-9H2,1H3. The second kappa shape index (κ2) is 8.90. The molecule has 1 saturated heterocycles. The summed E-state index contributed by atoms with van der Waals surface area (Å²) in [5.41, 5.74) is -2.18. The van der Waals surface area contributed by atoms with E-state index in [1.807, 2.05) is 0 Å². The molecule has 8 nitrogen and oxygen atoms in total. The van der Waals surface area contributed by atoms with Crippen LogP contribution in [0, 0.1) is 11.7 Å². The number of alkyl halides is 3. The highest BCUT2D eigenvalue weighted by molar-refractivity contribution is 7.91. The first-order valence-electron chi connectivity index (χ1n) is 11.0. The van der Waals surface area contributed by atoms with Gasteiger partial charge >= 0.3 is 6.18 Å². The van der Waals surface area contributed by atoms with Crippen molar-refractivity contribution >= 4 is 50.6 Å². The van der Waals surface area contributed by atoms with Crippen molar-refractivity contribution < 1.29 is 40.4 Å². The third-order valence-corrected chi connectivity index (χ3v) is 7.96. The number of amides is 2.